The van der Waals surface area contributed by atoms with Crippen molar-refractivity contribution >= 4 is 17.7 Å². The van der Waals surface area contributed by atoms with E-state index >= 15 is 0 Å². The van der Waals surface area contributed by atoms with Gasteiger partial charge in [-0.15, -0.1) is 0 Å². The van der Waals surface area contributed by atoms with Gasteiger partial charge in [0.15, 0.2) is 0 Å². The molecule has 7 heteroatoms. The SMILES string of the molecule is O=C1CCC(N2Cc3c(cccc3-c3cn[nH]c3)C2=O)C(=O)N1. The van der Waals surface area contributed by atoms with Gasteiger partial charge in [0.05, 0.1) is 6.20 Å². The van der Waals surface area contributed by atoms with Gasteiger partial charge in [0.2, 0.25) is 11.8 Å². The topological polar surface area (TPSA) is 95.2 Å². The van der Waals surface area contributed by atoms with Gasteiger partial charge in [-0.2, -0.15) is 5.10 Å². The number of piperidine rings is 1. The summed E-state index contributed by atoms with van der Waals surface area (Å²) in [6.45, 7) is 0.363. The first-order chi connectivity index (χ1) is 11.1. The van der Waals surface area contributed by atoms with E-state index in [0.29, 0.717) is 18.5 Å². The van der Waals surface area contributed by atoms with Crippen LogP contribution in [-0.2, 0) is 16.1 Å². The van der Waals surface area contributed by atoms with Crippen LogP contribution < -0.4 is 5.32 Å². The summed E-state index contributed by atoms with van der Waals surface area (Å²) in [6, 6.07) is 4.94. The zero-order chi connectivity index (χ0) is 16.0. The van der Waals surface area contributed by atoms with Crippen LogP contribution in [0.3, 0.4) is 0 Å². The smallest absolute Gasteiger partial charge is 0.255 e. The number of nitrogens with one attached hydrogen (secondary N) is 2. The number of benzene rings is 1. The normalized spacial score (nSPS) is 20.6. The average Bonchev–Trinajstić information content (AvgIpc) is 3.16. The number of carbonyl (C=O) groups excluding carboxylic acids is 3. The van der Waals surface area contributed by atoms with Crippen molar-refractivity contribution in [1.82, 2.24) is 20.4 Å². The first-order valence-corrected chi connectivity index (χ1v) is 7.41. The number of hydrogen-bond donors (Lipinski definition) is 2. The summed E-state index contributed by atoms with van der Waals surface area (Å²) in [5.74, 6) is -0.846. The Hall–Kier alpha value is -2.96. The Morgan fingerprint density at radius 2 is 2.00 bits per heavy atom. The van der Waals surface area contributed by atoms with Gasteiger partial charge >= 0.3 is 0 Å². The molecule has 1 aromatic heterocycles. The Balaban J connectivity index is 1.70. The van der Waals surface area contributed by atoms with Crippen LogP contribution in [0, 0.1) is 0 Å². The summed E-state index contributed by atoms with van der Waals surface area (Å²) in [5, 5.41) is 9.02. The van der Waals surface area contributed by atoms with E-state index in [0.717, 1.165) is 16.7 Å². The number of carbonyl (C=O) groups is 3. The maximum atomic E-state index is 12.7. The number of aromatic amines is 1. The molecule has 0 spiro atoms. The fourth-order valence-corrected chi connectivity index (χ4v) is 3.25. The molecule has 1 saturated heterocycles. The van der Waals surface area contributed by atoms with E-state index in [2.05, 4.69) is 15.5 Å². The predicted molar refractivity (Wildman–Crippen MR) is 80.1 cm³/mol. The van der Waals surface area contributed by atoms with Crippen LogP contribution in [0.25, 0.3) is 11.1 Å². The van der Waals surface area contributed by atoms with Crippen molar-refractivity contribution < 1.29 is 14.4 Å². The number of rotatable bonds is 2. The van der Waals surface area contributed by atoms with E-state index in [4.69, 9.17) is 0 Å². The molecule has 2 N–H and O–H groups in total. The summed E-state index contributed by atoms with van der Waals surface area (Å²) in [4.78, 5) is 37.6. The van der Waals surface area contributed by atoms with Gasteiger partial charge in [-0.3, -0.25) is 24.8 Å². The Bertz CT molecular complexity index is 813. The molecule has 2 aliphatic rings. The van der Waals surface area contributed by atoms with Gasteiger partial charge in [-0.25, -0.2) is 0 Å². The molecule has 0 aliphatic carbocycles. The van der Waals surface area contributed by atoms with Crippen LogP contribution in [0.2, 0.25) is 0 Å². The molecule has 1 fully saturated rings. The fourth-order valence-electron chi connectivity index (χ4n) is 3.25. The largest absolute Gasteiger partial charge is 0.322 e. The zero-order valence-electron chi connectivity index (χ0n) is 12.2. The lowest BCUT2D eigenvalue weighted by Crippen LogP contribution is -2.52. The number of nitrogens with zero attached hydrogens (tertiary/aromatic N) is 2. The van der Waals surface area contributed by atoms with Crippen LogP contribution in [0.5, 0.6) is 0 Å². The lowest BCUT2D eigenvalue weighted by molar-refractivity contribution is -0.136. The fraction of sp³-hybridized carbons (Fsp3) is 0.250. The highest BCUT2D eigenvalue weighted by Gasteiger charge is 2.39. The minimum absolute atomic E-state index is 0.167. The number of amides is 3. The van der Waals surface area contributed by atoms with E-state index < -0.39 is 11.9 Å². The van der Waals surface area contributed by atoms with Gasteiger partial charge in [-0.05, 0) is 23.6 Å². The molecule has 1 aromatic carbocycles. The predicted octanol–water partition coefficient (Wildman–Crippen LogP) is 0.838. The molecule has 1 unspecified atom stereocenters. The van der Waals surface area contributed by atoms with E-state index in [1.54, 1.807) is 23.4 Å². The highest BCUT2D eigenvalue weighted by molar-refractivity contribution is 6.06. The van der Waals surface area contributed by atoms with Gasteiger partial charge < -0.3 is 4.90 Å². The van der Waals surface area contributed by atoms with Crippen molar-refractivity contribution in [3.05, 3.63) is 41.7 Å². The molecule has 0 radical (unpaired) electrons. The second kappa shape index (κ2) is 5.05. The lowest BCUT2D eigenvalue weighted by Gasteiger charge is -2.29. The zero-order valence-corrected chi connectivity index (χ0v) is 12.2. The van der Waals surface area contributed by atoms with Crippen molar-refractivity contribution in [2.45, 2.75) is 25.4 Å². The van der Waals surface area contributed by atoms with Gasteiger partial charge in [0.25, 0.3) is 5.91 Å². The van der Waals surface area contributed by atoms with Crippen LogP contribution in [-0.4, -0.2) is 38.9 Å². The third kappa shape index (κ3) is 2.12. The standard InChI is InChI=1S/C16H14N4O3/c21-14-5-4-13(15(22)19-14)20-8-12-10(9-6-17-18-7-9)2-1-3-11(12)16(20)23/h1-3,6-7,13H,4-5,8H2,(H,17,18)(H,19,21,22). The maximum absolute atomic E-state index is 12.7. The molecule has 2 aliphatic heterocycles. The minimum atomic E-state index is -0.593. The van der Waals surface area contributed by atoms with Crippen molar-refractivity contribution in [3.63, 3.8) is 0 Å². The highest BCUT2D eigenvalue weighted by atomic mass is 16.2. The van der Waals surface area contributed by atoms with Crippen LogP contribution in [0.4, 0.5) is 0 Å². The molecular formula is C16H14N4O3. The summed E-state index contributed by atoms with van der Waals surface area (Å²) >= 11 is 0. The molecule has 3 amide bonds. The number of fused-ring (bicyclic) bond motifs is 1. The third-order valence-electron chi connectivity index (χ3n) is 4.39. The summed E-state index contributed by atoms with van der Waals surface area (Å²) in [6.07, 6.45) is 4.10. The van der Waals surface area contributed by atoms with E-state index in [9.17, 15) is 14.4 Å². The molecule has 23 heavy (non-hydrogen) atoms. The molecule has 2 aromatic rings. The number of hydrogen-bond acceptors (Lipinski definition) is 4. The first kappa shape index (κ1) is 13.7. The summed E-state index contributed by atoms with van der Waals surface area (Å²) in [7, 11) is 0. The quantitative estimate of drug-likeness (QED) is 0.803. The molecule has 7 nitrogen and oxygen atoms in total. The third-order valence-corrected chi connectivity index (χ3v) is 4.39. The molecule has 116 valence electrons. The van der Waals surface area contributed by atoms with E-state index in [1.165, 1.54) is 0 Å². The van der Waals surface area contributed by atoms with Crippen molar-refractivity contribution in [2.24, 2.45) is 0 Å². The average molecular weight is 310 g/mol. The van der Waals surface area contributed by atoms with Crippen LogP contribution in [0.1, 0.15) is 28.8 Å². The van der Waals surface area contributed by atoms with Gasteiger partial charge in [0.1, 0.15) is 6.04 Å². The first-order valence-electron chi connectivity index (χ1n) is 7.41. The van der Waals surface area contributed by atoms with E-state index in [-0.39, 0.29) is 18.2 Å². The van der Waals surface area contributed by atoms with Crippen LogP contribution >= 0.6 is 0 Å². The minimum Gasteiger partial charge on any atom is -0.322 e. The van der Waals surface area contributed by atoms with E-state index in [1.807, 2.05) is 12.1 Å². The Kier molecular flexibility index (Phi) is 3.00. The Labute approximate surface area is 131 Å². The monoisotopic (exact) mass is 310 g/mol. The number of H-pyrrole nitrogens is 1. The molecule has 0 bridgehead atoms. The number of aromatic nitrogens is 2. The molecule has 0 saturated carbocycles. The van der Waals surface area contributed by atoms with Crippen LogP contribution in [0.15, 0.2) is 30.6 Å². The Morgan fingerprint density at radius 1 is 1.17 bits per heavy atom. The molecular weight excluding hydrogens is 296 g/mol. The summed E-state index contributed by atoms with van der Waals surface area (Å²) in [5.41, 5.74) is 3.33. The molecule has 3 heterocycles. The number of imide groups is 1. The molecule has 4 rings (SSSR count). The lowest BCUT2D eigenvalue weighted by atomic mass is 9.99. The molecule has 1 atom stereocenters. The maximum Gasteiger partial charge on any atom is 0.255 e. The Morgan fingerprint density at radius 3 is 2.74 bits per heavy atom. The van der Waals surface area contributed by atoms with Crippen molar-refractivity contribution in [2.75, 3.05) is 0 Å². The summed E-state index contributed by atoms with van der Waals surface area (Å²) < 4.78 is 0. The second-order valence-corrected chi connectivity index (χ2v) is 5.72. The van der Waals surface area contributed by atoms with Gasteiger partial charge in [-0.1, -0.05) is 12.1 Å². The second-order valence-electron chi connectivity index (χ2n) is 5.72. The van der Waals surface area contributed by atoms with Gasteiger partial charge in [0, 0.05) is 30.3 Å². The van der Waals surface area contributed by atoms with Crippen molar-refractivity contribution in [1.29, 1.82) is 0 Å². The van der Waals surface area contributed by atoms with Crippen molar-refractivity contribution in [3.8, 4) is 11.1 Å². The highest BCUT2D eigenvalue weighted by Crippen LogP contribution is 2.34.